The number of aromatic nitrogens is 2. The van der Waals surface area contributed by atoms with Crippen LogP contribution in [0.5, 0.6) is 5.88 Å². The van der Waals surface area contributed by atoms with Gasteiger partial charge < -0.3 is 5.11 Å². The van der Waals surface area contributed by atoms with E-state index in [2.05, 4.69) is 15.5 Å². The fraction of sp³-hybridized carbons (Fsp3) is 0.0526. The fourth-order valence-electron chi connectivity index (χ4n) is 2.41. The first kappa shape index (κ1) is 17.9. The zero-order valence-corrected chi connectivity index (χ0v) is 14.1. The average molecular weight is 364 g/mol. The molecule has 3 aromatic rings. The van der Waals surface area contributed by atoms with Crippen LogP contribution in [0.25, 0.3) is 0 Å². The van der Waals surface area contributed by atoms with Crippen molar-refractivity contribution in [2.45, 2.75) is 6.54 Å². The van der Waals surface area contributed by atoms with Crippen LogP contribution in [-0.2, 0) is 6.54 Å². The highest BCUT2D eigenvalue weighted by atomic mass is 16.3. The van der Waals surface area contributed by atoms with E-state index in [4.69, 9.17) is 0 Å². The molecule has 3 N–H and O–H groups in total. The maximum atomic E-state index is 12.0. The van der Waals surface area contributed by atoms with Crippen LogP contribution in [0.2, 0.25) is 0 Å². The van der Waals surface area contributed by atoms with Crippen LogP contribution in [0, 0.1) is 0 Å². The third-order valence-corrected chi connectivity index (χ3v) is 3.79. The number of H-pyrrole nitrogens is 1. The van der Waals surface area contributed by atoms with E-state index in [1.54, 1.807) is 54.6 Å². The second-order valence-electron chi connectivity index (χ2n) is 5.63. The van der Waals surface area contributed by atoms with Gasteiger partial charge in [0.1, 0.15) is 5.56 Å². The van der Waals surface area contributed by atoms with E-state index >= 15 is 0 Å². The summed E-state index contributed by atoms with van der Waals surface area (Å²) in [5.41, 5.74) is 1.63. The van der Waals surface area contributed by atoms with E-state index in [0.29, 0.717) is 5.56 Å². The van der Waals surface area contributed by atoms with Crippen molar-refractivity contribution in [2.24, 2.45) is 5.10 Å². The molecule has 1 aromatic heterocycles. The van der Waals surface area contributed by atoms with Gasteiger partial charge in [0, 0.05) is 5.56 Å². The third kappa shape index (κ3) is 4.18. The van der Waals surface area contributed by atoms with Gasteiger partial charge in [-0.3, -0.25) is 19.1 Å². The van der Waals surface area contributed by atoms with E-state index in [0.717, 1.165) is 16.3 Å². The maximum Gasteiger partial charge on any atom is 0.331 e. The molecule has 0 aliphatic carbocycles. The van der Waals surface area contributed by atoms with Crippen molar-refractivity contribution in [3.8, 4) is 5.88 Å². The maximum absolute atomic E-state index is 12.0. The Morgan fingerprint density at radius 1 is 1.07 bits per heavy atom. The minimum Gasteiger partial charge on any atom is -0.494 e. The van der Waals surface area contributed by atoms with Gasteiger partial charge >= 0.3 is 5.69 Å². The number of aromatic hydroxyl groups is 1. The van der Waals surface area contributed by atoms with E-state index in [-0.39, 0.29) is 12.1 Å². The molecular weight excluding hydrogens is 348 g/mol. The third-order valence-electron chi connectivity index (χ3n) is 3.79. The van der Waals surface area contributed by atoms with Crippen molar-refractivity contribution in [1.29, 1.82) is 0 Å². The number of carbonyl (C=O) groups is 1. The van der Waals surface area contributed by atoms with Crippen molar-refractivity contribution in [3.63, 3.8) is 0 Å². The molecule has 8 heteroatoms. The lowest BCUT2D eigenvalue weighted by molar-refractivity contribution is 0.0955. The highest BCUT2D eigenvalue weighted by Gasteiger charge is 2.13. The lowest BCUT2D eigenvalue weighted by atomic mass is 10.2. The molecule has 0 saturated carbocycles. The molecule has 136 valence electrons. The van der Waals surface area contributed by atoms with E-state index in [9.17, 15) is 19.5 Å². The summed E-state index contributed by atoms with van der Waals surface area (Å²) in [5, 5.41) is 14.0. The normalized spacial score (nSPS) is 10.8. The highest BCUT2D eigenvalue weighted by Crippen LogP contribution is 2.10. The lowest BCUT2D eigenvalue weighted by Crippen LogP contribution is -2.32. The number of hydrazone groups is 1. The SMILES string of the molecule is O=C(N/N=C/c1c(O)n(Cc2ccccc2)c(=O)[nH]c1=O)c1ccccc1. The Morgan fingerprint density at radius 2 is 1.70 bits per heavy atom. The first-order valence-electron chi connectivity index (χ1n) is 8.04. The van der Waals surface area contributed by atoms with E-state index < -0.39 is 23.0 Å². The Kier molecular flexibility index (Phi) is 5.27. The number of hydrogen-bond donors (Lipinski definition) is 3. The number of carbonyl (C=O) groups excluding carboxylic acids is 1. The molecule has 8 nitrogen and oxygen atoms in total. The van der Waals surface area contributed by atoms with Crippen molar-refractivity contribution >= 4 is 12.1 Å². The fourth-order valence-corrected chi connectivity index (χ4v) is 2.41. The highest BCUT2D eigenvalue weighted by molar-refractivity contribution is 5.94. The number of rotatable bonds is 5. The summed E-state index contributed by atoms with van der Waals surface area (Å²) in [6.45, 7) is 0.0689. The molecule has 0 unspecified atom stereocenters. The quantitative estimate of drug-likeness (QED) is 0.463. The van der Waals surface area contributed by atoms with Crippen LogP contribution >= 0.6 is 0 Å². The van der Waals surface area contributed by atoms with Crippen LogP contribution in [0.1, 0.15) is 21.5 Å². The molecule has 0 spiro atoms. The number of amides is 1. The standard InChI is InChI=1S/C19H16N4O4/c24-16(14-9-5-2-6-10-14)22-20-11-15-17(25)21-19(27)23(18(15)26)12-13-7-3-1-4-8-13/h1-11,26H,12H2,(H,22,24)(H,21,25,27)/b20-11+. The molecule has 0 fully saturated rings. The van der Waals surface area contributed by atoms with Crippen LogP contribution in [-0.4, -0.2) is 26.8 Å². The molecule has 27 heavy (non-hydrogen) atoms. The van der Waals surface area contributed by atoms with Gasteiger partial charge in [0.2, 0.25) is 5.88 Å². The molecule has 0 radical (unpaired) electrons. The number of aromatic amines is 1. The van der Waals surface area contributed by atoms with E-state index in [1.165, 1.54) is 0 Å². The Balaban J connectivity index is 1.85. The predicted octanol–water partition coefficient (Wildman–Crippen LogP) is 1.05. The zero-order chi connectivity index (χ0) is 19.2. The Bertz CT molecular complexity index is 1090. The Hall–Kier alpha value is -3.94. The first-order chi connectivity index (χ1) is 13.1. The van der Waals surface area contributed by atoms with Gasteiger partial charge in [-0.05, 0) is 17.7 Å². The summed E-state index contributed by atoms with van der Waals surface area (Å²) in [6.07, 6.45) is 0.996. The first-order valence-corrected chi connectivity index (χ1v) is 8.04. The monoisotopic (exact) mass is 364 g/mol. The van der Waals surface area contributed by atoms with Crippen LogP contribution in [0.3, 0.4) is 0 Å². The van der Waals surface area contributed by atoms with E-state index in [1.807, 2.05) is 6.07 Å². The summed E-state index contributed by atoms with van der Waals surface area (Å²) in [7, 11) is 0. The Labute approximate surface area is 153 Å². The summed E-state index contributed by atoms with van der Waals surface area (Å²) < 4.78 is 1.01. The largest absolute Gasteiger partial charge is 0.494 e. The summed E-state index contributed by atoms with van der Waals surface area (Å²) >= 11 is 0. The van der Waals surface area contributed by atoms with Gasteiger partial charge in [0.15, 0.2) is 0 Å². The molecule has 1 amide bonds. The van der Waals surface area contributed by atoms with Gasteiger partial charge in [-0.2, -0.15) is 5.10 Å². The summed E-state index contributed by atoms with van der Waals surface area (Å²) in [6, 6.07) is 17.4. The van der Waals surface area contributed by atoms with Crippen molar-refractivity contribution in [2.75, 3.05) is 0 Å². The number of nitrogens with zero attached hydrogens (tertiary/aromatic N) is 2. The van der Waals surface area contributed by atoms with Gasteiger partial charge in [-0.25, -0.2) is 10.2 Å². The number of nitrogens with one attached hydrogen (secondary N) is 2. The molecule has 3 rings (SSSR count). The van der Waals surface area contributed by atoms with Gasteiger partial charge in [-0.15, -0.1) is 0 Å². The summed E-state index contributed by atoms with van der Waals surface area (Å²) in [5.74, 6) is -1.01. The molecular formula is C19H16N4O4. The van der Waals surface area contributed by atoms with Crippen LogP contribution < -0.4 is 16.7 Å². The summed E-state index contributed by atoms with van der Waals surface area (Å²) in [4.78, 5) is 38.1. The molecule has 2 aromatic carbocycles. The lowest BCUT2D eigenvalue weighted by Gasteiger charge is -2.09. The average Bonchev–Trinajstić information content (AvgIpc) is 2.69. The van der Waals surface area contributed by atoms with Gasteiger partial charge in [0.05, 0.1) is 12.8 Å². The van der Waals surface area contributed by atoms with Crippen molar-refractivity contribution in [1.82, 2.24) is 15.0 Å². The number of hydrogen-bond acceptors (Lipinski definition) is 5. The van der Waals surface area contributed by atoms with Crippen molar-refractivity contribution < 1.29 is 9.90 Å². The molecule has 0 aliphatic heterocycles. The minimum absolute atomic E-state index is 0.0689. The smallest absolute Gasteiger partial charge is 0.331 e. The van der Waals surface area contributed by atoms with Crippen LogP contribution in [0.4, 0.5) is 0 Å². The predicted molar refractivity (Wildman–Crippen MR) is 100 cm³/mol. The molecule has 0 atom stereocenters. The zero-order valence-electron chi connectivity index (χ0n) is 14.1. The van der Waals surface area contributed by atoms with Gasteiger partial charge in [0.25, 0.3) is 11.5 Å². The Morgan fingerprint density at radius 3 is 2.37 bits per heavy atom. The second kappa shape index (κ2) is 7.96. The molecule has 1 heterocycles. The molecule has 0 saturated heterocycles. The second-order valence-corrected chi connectivity index (χ2v) is 5.63. The number of benzene rings is 2. The molecule has 0 aliphatic rings. The van der Waals surface area contributed by atoms with Gasteiger partial charge in [-0.1, -0.05) is 48.5 Å². The van der Waals surface area contributed by atoms with Crippen LogP contribution in [0.15, 0.2) is 75.4 Å². The minimum atomic E-state index is -0.806. The topological polar surface area (TPSA) is 117 Å². The molecule has 0 bridgehead atoms. The van der Waals surface area contributed by atoms with Crippen molar-refractivity contribution in [3.05, 3.63) is 98.2 Å².